The van der Waals surface area contributed by atoms with Gasteiger partial charge in [0.05, 0.1) is 17.5 Å². The van der Waals surface area contributed by atoms with Gasteiger partial charge in [0.2, 0.25) is 0 Å². The minimum Gasteiger partial charge on any atom is -0.478 e. The maximum atomic E-state index is 11.5. The van der Waals surface area contributed by atoms with E-state index in [1.54, 1.807) is 41.8 Å². The van der Waals surface area contributed by atoms with Crippen molar-refractivity contribution in [2.45, 2.75) is 39.2 Å². The van der Waals surface area contributed by atoms with Crippen LogP contribution in [0.5, 0.6) is 0 Å². The van der Waals surface area contributed by atoms with Gasteiger partial charge in [-0.1, -0.05) is 31.5 Å². The lowest BCUT2D eigenvalue weighted by atomic mass is 10.1. The number of aromatic nitrogens is 2. The molecule has 0 unspecified atom stereocenters. The minimum atomic E-state index is -0.991. The van der Waals surface area contributed by atoms with Crippen LogP contribution in [0, 0.1) is 0 Å². The third kappa shape index (κ3) is 5.45. The summed E-state index contributed by atoms with van der Waals surface area (Å²) in [6, 6.07) is 10.7. The highest BCUT2D eigenvalue weighted by Gasteiger charge is 2.16. The van der Waals surface area contributed by atoms with Crippen LogP contribution in [0.15, 0.2) is 54.1 Å². The van der Waals surface area contributed by atoms with E-state index in [1.165, 1.54) is 6.08 Å². The lowest BCUT2D eigenvalue weighted by Crippen LogP contribution is -2.10. The fourth-order valence-electron chi connectivity index (χ4n) is 3.28. The third-order valence-corrected chi connectivity index (χ3v) is 5.68. The Balaban J connectivity index is 1.99. The van der Waals surface area contributed by atoms with E-state index >= 15 is 0 Å². The summed E-state index contributed by atoms with van der Waals surface area (Å²) in [5.74, 6) is -1.05. The van der Waals surface area contributed by atoms with Crippen LogP contribution in [-0.2, 0) is 24.2 Å². The van der Waals surface area contributed by atoms with E-state index in [4.69, 9.17) is 5.11 Å². The van der Waals surface area contributed by atoms with Crippen molar-refractivity contribution in [3.8, 4) is 0 Å². The Hall–Kier alpha value is -3.19. The van der Waals surface area contributed by atoms with E-state index in [0.29, 0.717) is 18.5 Å². The lowest BCUT2D eigenvalue weighted by Gasteiger charge is -2.14. The molecule has 0 fully saturated rings. The van der Waals surface area contributed by atoms with Gasteiger partial charge >= 0.3 is 11.9 Å². The number of rotatable bonds is 10. The molecule has 0 saturated heterocycles. The van der Waals surface area contributed by atoms with Crippen molar-refractivity contribution in [1.29, 1.82) is 0 Å². The van der Waals surface area contributed by atoms with Crippen LogP contribution in [0.2, 0.25) is 0 Å². The molecule has 0 aliphatic heterocycles. The largest absolute Gasteiger partial charge is 0.478 e. The van der Waals surface area contributed by atoms with E-state index in [2.05, 4.69) is 11.9 Å². The Morgan fingerprint density at radius 3 is 2.53 bits per heavy atom. The van der Waals surface area contributed by atoms with Crippen molar-refractivity contribution in [3.63, 3.8) is 0 Å². The molecule has 156 valence electrons. The van der Waals surface area contributed by atoms with E-state index in [-0.39, 0.29) is 5.56 Å². The number of aliphatic carboxylic acids is 1. The topological polar surface area (TPSA) is 92.4 Å². The maximum Gasteiger partial charge on any atom is 0.335 e. The molecule has 2 aromatic heterocycles. The Kier molecular flexibility index (Phi) is 7.19. The quantitative estimate of drug-likeness (QED) is 0.459. The molecule has 0 aliphatic rings. The summed E-state index contributed by atoms with van der Waals surface area (Å²) in [4.78, 5) is 28.3. The van der Waals surface area contributed by atoms with E-state index < -0.39 is 11.9 Å². The first-order valence-electron chi connectivity index (χ1n) is 9.80. The summed E-state index contributed by atoms with van der Waals surface area (Å²) >= 11 is 1.59. The summed E-state index contributed by atoms with van der Waals surface area (Å²) in [5, 5.41) is 20.5. The van der Waals surface area contributed by atoms with Crippen LogP contribution in [0.3, 0.4) is 0 Å². The summed E-state index contributed by atoms with van der Waals surface area (Å²) in [5.41, 5.74) is 2.64. The number of carboxylic acid groups (broad SMARTS) is 2. The number of thiophene rings is 1. The average Bonchev–Trinajstić information content (AvgIpc) is 3.36. The molecule has 7 heteroatoms. The summed E-state index contributed by atoms with van der Waals surface area (Å²) in [6.07, 6.45) is 6.33. The van der Waals surface area contributed by atoms with Crippen LogP contribution in [0.25, 0.3) is 5.57 Å². The van der Waals surface area contributed by atoms with Gasteiger partial charge in [0.1, 0.15) is 5.82 Å². The van der Waals surface area contributed by atoms with Crippen LogP contribution >= 0.6 is 11.3 Å². The van der Waals surface area contributed by atoms with Gasteiger partial charge in [-0.05, 0) is 41.1 Å². The number of aromatic carboxylic acids is 1. The Labute approximate surface area is 179 Å². The zero-order valence-corrected chi connectivity index (χ0v) is 17.6. The summed E-state index contributed by atoms with van der Waals surface area (Å²) in [6.45, 7) is 2.61. The van der Waals surface area contributed by atoms with Gasteiger partial charge in [-0.2, -0.15) is 0 Å². The normalized spacial score (nSPS) is 11.6. The van der Waals surface area contributed by atoms with Crippen LogP contribution in [0.4, 0.5) is 0 Å². The van der Waals surface area contributed by atoms with Crippen LogP contribution < -0.4 is 0 Å². The molecule has 0 bridgehead atoms. The molecule has 0 amide bonds. The van der Waals surface area contributed by atoms with Crippen LogP contribution in [-0.4, -0.2) is 31.7 Å². The number of unbranched alkanes of at least 4 members (excludes halogenated alkanes) is 1. The highest BCUT2D eigenvalue weighted by Crippen LogP contribution is 2.25. The second kappa shape index (κ2) is 10.0. The monoisotopic (exact) mass is 424 g/mol. The van der Waals surface area contributed by atoms with Gasteiger partial charge in [-0.25, -0.2) is 14.6 Å². The molecule has 0 spiro atoms. The number of benzene rings is 1. The first kappa shape index (κ1) is 21.5. The molecule has 6 nitrogen and oxygen atoms in total. The first-order valence-corrected chi connectivity index (χ1v) is 10.7. The predicted octanol–water partition coefficient (Wildman–Crippen LogP) is 4.74. The number of aryl methyl sites for hydroxylation is 1. The van der Waals surface area contributed by atoms with Crippen molar-refractivity contribution in [2.24, 2.45) is 0 Å². The minimum absolute atomic E-state index is 0.236. The molecular weight excluding hydrogens is 400 g/mol. The fraction of sp³-hybridized carbons (Fsp3) is 0.261. The van der Waals surface area contributed by atoms with Gasteiger partial charge in [-0.3, -0.25) is 0 Å². The molecule has 0 aliphatic carbocycles. The number of imidazole rings is 1. The number of hydrogen-bond acceptors (Lipinski definition) is 4. The number of carboxylic acids is 2. The number of allylic oxidation sites excluding steroid dienone is 1. The molecule has 0 radical (unpaired) electrons. The second-order valence-corrected chi connectivity index (χ2v) is 8.05. The molecular formula is C23H24N2O4S. The van der Waals surface area contributed by atoms with Crippen molar-refractivity contribution < 1.29 is 19.8 Å². The number of carbonyl (C=O) groups is 2. The van der Waals surface area contributed by atoms with Gasteiger partial charge in [-0.15, -0.1) is 11.3 Å². The zero-order chi connectivity index (χ0) is 21.5. The van der Waals surface area contributed by atoms with E-state index in [1.807, 2.05) is 22.1 Å². The van der Waals surface area contributed by atoms with Crippen molar-refractivity contribution in [2.75, 3.05) is 0 Å². The fourth-order valence-corrected chi connectivity index (χ4v) is 4.01. The van der Waals surface area contributed by atoms with Crippen molar-refractivity contribution >= 4 is 28.8 Å². The SMILES string of the molecule is CCCCc1ncc(C(=CC(=O)O)Cc2cccs2)n1Cc1ccc(C(=O)O)cc1. The smallest absolute Gasteiger partial charge is 0.335 e. The van der Waals surface area contributed by atoms with Crippen molar-refractivity contribution in [1.82, 2.24) is 9.55 Å². The third-order valence-electron chi connectivity index (χ3n) is 4.81. The Bertz CT molecular complexity index is 1030. The van der Waals surface area contributed by atoms with Gasteiger partial charge < -0.3 is 14.8 Å². The standard InChI is InChI=1S/C23H24N2O4S/c1-2-3-6-21-24-14-20(18(13-22(26)27)12-19-5-4-11-30-19)25(21)15-16-7-9-17(10-8-16)23(28)29/h4-5,7-11,13-14H,2-3,6,12,15H2,1H3,(H,26,27)(H,28,29). The number of hydrogen-bond donors (Lipinski definition) is 2. The molecule has 30 heavy (non-hydrogen) atoms. The average molecular weight is 425 g/mol. The molecule has 0 saturated carbocycles. The summed E-state index contributed by atoms with van der Waals surface area (Å²) in [7, 11) is 0. The molecule has 0 atom stereocenters. The molecule has 2 heterocycles. The highest BCUT2D eigenvalue weighted by atomic mass is 32.1. The van der Waals surface area contributed by atoms with Gasteiger partial charge in [0.25, 0.3) is 0 Å². The predicted molar refractivity (Wildman–Crippen MR) is 117 cm³/mol. The van der Waals surface area contributed by atoms with Gasteiger partial charge in [0.15, 0.2) is 0 Å². The molecule has 2 N–H and O–H groups in total. The molecule has 3 aromatic rings. The Morgan fingerprint density at radius 2 is 1.93 bits per heavy atom. The molecule has 3 rings (SSSR count). The second-order valence-electron chi connectivity index (χ2n) is 7.02. The maximum absolute atomic E-state index is 11.5. The highest BCUT2D eigenvalue weighted by molar-refractivity contribution is 7.10. The van der Waals surface area contributed by atoms with E-state index in [9.17, 15) is 14.7 Å². The zero-order valence-electron chi connectivity index (χ0n) is 16.7. The molecule has 1 aromatic carbocycles. The Morgan fingerprint density at radius 1 is 1.17 bits per heavy atom. The number of nitrogens with zero attached hydrogens (tertiary/aromatic N) is 2. The summed E-state index contributed by atoms with van der Waals surface area (Å²) < 4.78 is 2.05. The van der Waals surface area contributed by atoms with Crippen LogP contribution in [0.1, 0.15) is 52.1 Å². The van der Waals surface area contributed by atoms with Crippen molar-refractivity contribution in [3.05, 3.63) is 81.6 Å². The van der Waals surface area contributed by atoms with E-state index in [0.717, 1.165) is 41.2 Å². The first-order chi connectivity index (χ1) is 14.5. The van der Waals surface area contributed by atoms with Gasteiger partial charge in [0, 0.05) is 30.3 Å². The lowest BCUT2D eigenvalue weighted by molar-refractivity contribution is -0.131.